The molecule has 0 saturated heterocycles. The Morgan fingerprint density at radius 1 is 1.08 bits per heavy atom. The summed E-state index contributed by atoms with van der Waals surface area (Å²) in [5.74, 6) is 2.08. The van der Waals surface area contributed by atoms with Crippen LogP contribution in [0.5, 0.6) is 0 Å². The van der Waals surface area contributed by atoms with Crippen molar-refractivity contribution in [1.29, 1.82) is 0 Å². The van der Waals surface area contributed by atoms with Crippen LogP contribution in [0.4, 0.5) is 5.69 Å². The first-order valence-corrected chi connectivity index (χ1v) is 9.73. The van der Waals surface area contributed by atoms with Gasteiger partial charge in [-0.25, -0.2) is 0 Å². The number of rotatable bonds is 6. The van der Waals surface area contributed by atoms with Crippen molar-refractivity contribution in [2.24, 2.45) is 23.2 Å². The normalized spacial score (nSPS) is 31.7. The van der Waals surface area contributed by atoms with E-state index in [4.69, 9.17) is 4.74 Å². The number of para-hydroxylation sites is 1. The first-order valence-electron chi connectivity index (χ1n) is 9.73. The number of carbonyl (C=O) groups is 2. The topological polar surface area (TPSA) is 67.4 Å². The van der Waals surface area contributed by atoms with E-state index in [2.05, 4.69) is 10.6 Å². The number of carbonyl (C=O) groups excluding carboxylic acids is 2. The number of nitrogens with one attached hydrogen (secondary N) is 2. The maximum Gasteiger partial charge on any atom is 0.243 e. The van der Waals surface area contributed by atoms with Gasteiger partial charge in [0.25, 0.3) is 0 Å². The number of benzene rings is 1. The molecule has 2 amide bonds. The summed E-state index contributed by atoms with van der Waals surface area (Å²) < 4.78 is 5.17. The van der Waals surface area contributed by atoms with Crippen LogP contribution < -0.4 is 10.6 Å². The SMILES string of the molecule is COCc1ccccc1NC(=O)CNC(=O)C12CC3CC(CC(C3)C1)C2. The van der Waals surface area contributed by atoms with Crippen LogP contribution in [0.3, 0.4) is 0 Å². The molecule has 0 radical (unpaired) electrons. The predicted molar refractivity (Wildman–Crippen MR) is 99.4 cm³/mol. The van der Waals surface area contributed by atoms with E-state index in [1.807, 2.05) is 24.3 Å². The number of anilines is 1. The van der Waals surface area contributed by atoms with E-state index < -0.39 is 0 Å². The van der Waals surface area contributed by atoms with Crippen molar-refractivity contribution in [3.63, 3.8) is 0 Å². The molecule has 5 heteroatoms. The average Bonchev–Trinajstić information content (AvgIpc) is 2.60. The largest absolute Gasteiger partial charge is 0.380 e. The highest BCUT2D eigenvalue weighted by atomic mass is 16.5. The van der Waals surface area contributed by atoms with Crippen LogP contribution in [0.1, 0.15) is 44.1 Å². The van der Waals surface area contributed by atoms with Gasteiger partial charge in [0.2, 0.25) is 11.8 Å². The number of hydrogen-bond acceptors (Lipinski definition) is 3. The van der Waals surface area contributed by atoms with E-state index in [-0.39, 0.29) is 23.8 Å². The third kappa shape index (κ3) is 3.37. The Morgan fingerprint density at radius 3 is 2.31 bits per heavy atom. The Labute approximate surface area is 154 Å². The summed E-state index contributed by atoms with van der Waals surface area (Å²) in [5.41, 5.74) is 1.46. The van der Waals surface area contributed by atoms with Crippen molar-refractivity contribution in [2.45, 2.75) is 45.1 Å². The Balaban J connectivity index is 1.34. The van der Waals surface area contributed by atoms with Gasteiger partial charge in [0.15, 0.2) is 0 Å². The summed E-state index contributed by atoms with van der Waals surface area (Å²) >= 11 is 0. The van der Waals surface area contributed by atoms with Gasteiger partial charge in [0.05, 0.1) is 13.2 Å². The molecule has 1 aromatic rings. The first-order chi connectivity index (χ1) is 12.6. The molecule has 1 aromatic carbocycles. The lowest BCUT2D eigenvalue weighted by Crippen LogP contribution is -2.54. The van der Waals surface area contributed by atoms with Crippen LogP contribution in [-0.4, -0.2) is 25.5 Å². The monoisotopic (exact) mass is 356 g/mol. The van der Waals surface area contributed by atoms with E-state index in [1.54, 1.807) is 7.11 Å². The quantitative estimate of drug-likeness (QED) is 0.823. The van der Waals surface area contributed by atoms with Crippen molar-refractivity contribution >= 4 is 17.5 Å². The number of methoxy groups -OCH3 is 1. The maximum atomic E-state index is 12.9. The highest BCUT2D eigenvalue weighted by Gasteiger charge is 2.54. The number of hydrogen-bond donors (Lipinski definition) is 2. The average molecular weight is 356 g/mol. The lowest BCUT2D eigenvalue weighted by Gasteiger charge is -2.55. The fourth-order valence-corrected chi connectivity index (χ4v) is 5.85. The molecule has 0 spiro atoms. The van der Waals surface area contributed by atoms with Gasteiger partial charge in [0, 0.05) is 23.8 Å². The molecule has 0 unspecified atom stereocenters. The van der Waals surface area contributed by atoms with Crippen LogP contribution in [0.15, 0.2) is 24.3 Å². The summed E-state index contributed by atoms with van der Waals surface area (Å²) in [6.45, 7) is 0.470. The molecule has 5 nitrogen and oxygen atoms in total. The molecule has 4 aliphatic rings. The molecule has 2 N–H and O–H groups in total. The maximum absolute atomic E-state index is 12.9. The van der Waals surface area contributed by atoms with Crippen LogP contribution in [0, 0.1) is 23.2 Å². The first kappa shape index (κ1) is 17.5. The number of ether oxygens (including phenoxy) is 1. The smallest absolute Gasteiger partial charge is 0.243 e. The van der Waals surface area contributed by atoms with Crippen molar-refractivity contribution in [2.75, 3.05) is 19.0 Å². The Bertz CT molecular complexity index is 665. The fraction of sp³-hybridized carbons (Fsp3) is 0.619. The lowest BCUT2D eigenvalue weighted by atomic mass is 9.49. The van der Waals surface area contributed by atoms with E-state index >= 15 is 0 Å². The zero-order valence-electron chi connectivity index (χ0n) is 15.4. The van der Waals surface area contributed by atoms with Gasteiger partial charge in [-0.3, -0.25) is 9.59 Å². The van der Waals surface area contributed by atoms with E-state index in [0.29, 0.717) is 6.61 Å². The zero-order chi connectivity index (χ0) is 18.1. The highest BCUT2D eigenvalue weighted by Crippen LogP contribution is 2.60. The van der Waals surface area contributed by atoms with Crippen molar-refractivity contribution in [3.8, 4) is 0 Å². The predicted octanol–water partition coefficient (Wildman–Crippen LogP) is 3.10. The van der Waals surface area contributed by atoms with Crippen LogP contribution in [0.25, 0.3) is 0 Å². The van der Waals surface area contributed by atoms with Crippen LogP contribution in [-0.2, 0) is 20.9 Å². The Morgan fingerprint density at radius 2 is 1.69 bits per heavy atom. The van der Waals surface area contributed by atoms with Crippen molar-refractivity contribution < 1.29 is 14.3 Å². The molecule has 4 bridgehead atoms. The van der Waals surface area contributed by atoms with Crippen LogP contribution in [0.2, 0.25) is 0 Å². The summed E-state index contributed by atoms with van der Waals surface area (Å²) in [6, 6.07) is 7.57. The van der Waals surface area contributed by atoms with E-state index in [9.17, 15) is 9.59 Å². The van der Waals surface area contributed by atoms with Gasteiger partial charge in [-0.1, -0.05) is 18.2 Å². The Hall–Kier alpha value is -1.88. The fourth-order valence-electron chi connectivity index (χ4n) is 5.85. The molecule has 140 valence electrons. The van der Waals surface area contributed by atoms with Gasteiger partial charge < -0.3 is 15.4 Å². The van der Waals surface area contributed by atoms with Gasteiger partial charge in [-0.2, -0.15) is 0 Å². The number of amides is 2. The second-order valence-corrected chi connectivity index (χ2v) is 8.52. The summed E-state index contributed by atoms with van der Waals surface area (Å²) in [4.78, 5) is 25.2. The zero-order valence-corrected chi connectivity index (χ0v) is 15.4. The van der Waals surface area contributed by atoms with Crippen molar-refractivity contribution in [3.05, 3.63) is 29.8 Å². The molecular formula is C21H28N2O3. The second-order valence-electron chi connectivity index (χ2n) is 8.52. The summed E-state index contributed by atoms with van der Waals surface area (Å²) in [7, 11) is 1.63. The third-order valence-electron chi connectivity index (χ3n) is 6.52. The minimum atomic E-state index is -0.205. The van der Waals surface area contributed by atoms with Gasteiger partial charge >= 0.3 is 0 Å². The van der Waals surface area contributed by atoms with E-state index in [0.717, 1.165) is 48.3 Å². The molecule has 4 saturated carbocycles. The summed E-state index contributed by atoms with van der Waals surface area (Å²) in [5, 5.41) is 5.82. The van der Waals surface area contributed by atoms with E-state index in [1.165, 1.54) is 19.3 Å². The van der Waals surface area contributed by atoms with Crippen LogP contribution >= 0.6 is 0 Å². The highest BCUT2D eigenvalue weighted by molar-refractivity contribution is 5.96. The minimum Gasteiger partial charge on any atom is -0.380 e. The third-order valence-corrected chi connectivity index (χ3v) is 6.52. The van der Waals surface area contributed by atoms with Gasteiger partial charge in [0.1, 0.15) is 0 Å². The minimum absolute atomic E-state index is 0.0297. The lowest BCUT2D eigenvalue weighted by molar-refractivity contribution is -0.146. The molecule has 5 rings (SSSR count). The van der Waals surface area contributed by atoms with Gasteiger partial charge in [-0.05, 0) is 62.3 Å². The standard InChI is InChI=1S/C21H28N2O3/c1-26-13-17-4-2-3-5-18(17)23-19(24)12-22-20(25)21-9-14-6-15(10-21)8-16(7-14)11-21/h2-5,14-16H,6-13H2,1H3,(H,22,25)(H,23,24). The molecule has 26 heavy (non-hydrogen) atoms. The molecule has 0 atom stereocenters. The molecule has 4 fully saturated rings. The molecule has 0 aliphatic heterocycles. The molecule has 0 aromatic heterocycles. The molecule has 4 aliphatic carbocycles. The van der Waals surface area contributed by atoms with Crippen molar-refractivity contribution in [1.82, 2.24) is 5.32 Å². The van der Waals surface area contributed by atoms with Gasteiger partial charge in [-0.15, -0.1) is 0 Å². The molecule has 0 heterocycles. The Kier molecular flexibility index (Phi) is 4.74. The molecular weight excluding hydrogens is 328 g/mol. The summed E-state index contributed by atoms with van der Waals surface area (Å²) in [6.07, 6.45) is 6.98. The second kappa shape index (κ2) is 7.03.